The molecule has 0 amide bonds. The molecule has 2 heterocycles. The third-order valence-corrected chi connectivity index (χ3v) is 4.54. The van der Waals surface area contributed by atoms with E-state index >= 15 is 0 Å². The number of piperazine rings is 1. The van der Waals surface area contributed by atoms with Crippen LogP contribution in [0, 0.1) is 10.1 Å². The van der Waals surface area contributed by atoms with Crippen molar-refractivity contribution >= 4 is 5.69 Å². The zero-order valence-electron chi connectivity index (χ0n) is 14.5. The Morgan fingerprint density at radius 2 is 1.52 bits per heavy atom. The Hall–Kier alpha value is -2.52. The molecule has 0 unspecified atom stereocenters. The lowest BCUT2D eigenvalue weighted by molar-refractivity contribution is -0.384. The minimum atomic E-state index is -4.43. The molecule has 3 rings (SSSR count). The highest BCUT2D eigenvalue weighted by Gasteiger charge is 2.32. The Bertz CT molecular complexity index is 788. The Balaban J connectivity index is 1.51. The average molecular weight is 380 g/mol. The van der Waals surface area contributed by atoms with E-state index < -0.39 is 16.8 Å². The number of nitro groups is 1. The number of pyridine rings is 1. The van der Waals surface area contributed by atoms with Crippen molar-refractivity contribution in [1.29, 1.82) is 0 Å². The maximum Gasteiger partial charge on any atom is 0.433 e. The van der Waals surface area contributed by atoms with Gasteiger partial charge in [-0.3, -0.25) is 24.9 Å². The summed E-state index contributed by atoms with van der Waals surface area (Å²) in [5, 5.41) is 10.7. The highest BCUT2D eigenvalue weighted by atomic mass is 19.4. The molecule has 0 aliphatic carbocycles. The van der Waals surface area contributed by atoms with Gasteiger partial charge in [-0.2, -0.15) is 13.2 Å². The molecule has 0 spiro atoms. The third-order valence-electron chi connectivity index (χ3n) is 4.54. The van der Waals surface area contributed by atoms with Gasteiger partial charge in [-0.25, -0.2) is 0 Å². The molecule has 1 aliphatic rings. The molecule has 1 aliphatic heterocycles. The Morgan fingerprint density at radius 1 is 0.963 bits per heavy atom. The molecule has 1 fully saturated rings. The van der Waals surface area contributed by atoms with Crippen molar-refractivity contribution in [2.75, 3.05) is 26.2 Å². The van der Waals surface area contributed by atoms with Crippen molar-refractivity contribution in [1.82, 2.24) is 14.8 Å². The smallest absolute Gasteiger partial charge is 0.297 e. The number of halogens is 3. The summed E-state index contributed by atoms with van der Waals surface area (Å²) in [6.45, 7) is 4.21. The number of hydrogen-bond acceptors (Lipinski definition) is 5. The van der Waals surface area contributed by atoms with Crippen LogP contribution in [0.1, 0.15) is 16.8 Å². The normalized spacial score (nSPS) is 16.4. The molecule has 2 aromatic rings. The van der Waals surface area contributed by atoms with E-state index in [-0.39, 0.29) is 5.69 Å². The minimum Gasteiger partial charge on any atom is -0.297 e. The van der Waals surface area contributed by atoms with Crippen molar-refractivity contribution in [2.24, 2.45) is 0 Å². The SMILES string of the molecule is O=[N+]([O-])c1ccc(CN2CCN(Cc3ccnc(C(F)(F)F)c3)CC2)cc1. The third kappa shape index (κ3) is 5.24. The van der Waals surface area contributed by atoms with Crippen LogP contribution in [0.5, 0.6) is 0 Å². The van der Waals surface area contributed by atoms with Gasteiger partial charge in [0.25, 0.3) is 5.69 Å². The monoisotopic (exact) mass is 380 g/mol. The van der Waals surface area contributed by atoms with E-state index in [9.17, 15) is 23.3 Å². The Morgan fingerprint density at radius 3 is 2.04 bits per heavy atom. The van der Waals surface area contributed by atoms with Crippen LogP contribution in [-0.4, -0.2) is 45.9 Å². The predicted octanol–water partition coefficient (Wildman–Crippen LogP) is 3.33. The van der Waals surface area contributed by atoms with E-state index in [2.05, 4.69) is 14.8 Å². The second kappa shape index (κ2) is 8.01. The first-order valence-corrected chi connectivity index (χ1v) is 8.51. The molecule has 0 atom stereocenters. The summed E-state index contributed by atoms with van der Waals surface area (Å²) in [4.78, 5) is 18.0. The zero-order chi connectivity index (χ0) is 19.4. The molecule has 1 aromatic carbocycles. The fraction of sp³-hybridized carbons (Fsp3) is 0.389. The van der Waals surface area contributed by atoms with Crippen molar-refractivity contribution < 1.29 is 18.1 Å². The molecule has 0 saturated carbocycles. The molecule has 144 valence electrons. The van der Waals surface area contributed by atoms with E-state index in [0.717, 1.165) is 37.8 Å². The van der Waals surface area contributed by atoms with Gasteiger partial charge in [0.15, 0.2) is 0 Å². The predicted molar refractivity (Wildman–Crippen MR) is 92.9 cm³/mol. The lowest BCUT2D eigenvalue weighted by atomic mass is 10.1. The fourth-order valence-corrected chi connectivity index (χ4v) is 3.07. The molecule has 1 saturated heterocycles. The van der Waals surface area contributed by atoms with Gasteiger partial charge in [0.2, 0.25) is 0 Å². The summed E-state index contributed by atoms with van der Waals surface area (Å²) in [6, 6.07) is 9.20. The molecule has 9 heteroatoms. The van der Waals surface area contributed by atoms with Gasteiger partial charge in [0, 0.05) is 57.6 Å². The number of aromatic nitrogens is 1. The Labute approximate surface area is 154 Å². The number of rotatable bonds is 5. The van der Waals surface area contributed by atoms with Crippen LogP contribution in [0.3, 0.4) is 0 Å². The minimum absolute atomic E-state index is 0.0687. The van der Waals surface area contributed by atoms with Gasteiger partial charge < -0.3 is 0 Å². The molecule has 1 aromatic heterocycles. The van der Waals surface area contributed by atoms with Crippen LogP contribution in [0.4, 0.5) is 18.9 Å². The van der Waals surface area contributed by atoms with Crippen LogP contribution in [0.25, 0.3) is 0 Å². The van der Waals surface area contributed by atoms with E-state index in [1.165, 1.54) is 18.3 Å². The first-order valence-electron chi connectivity index (χ1n) is 8.51. The van der Waals surface area contributed by atoms with Gasteiger partial charge in [-0.15, -0.1) is 0 Å². The number of alkyl halides is 3. The number of nitrogens with zero attached hydrogens (tertiary/aromatic N) is 4. The van der Waals surface area contributed by atoms with Crippen LogP contribution < -0.4 is 0 Å². The summed E-state index contributed by atoms with van der Waals surface area (Å²) in [5.74, 6) is 0. The van der Waals surface area contributed by atoms with Crippen molar-refractivity contribution in [3.05, 3.63) is 69.5 Å². The quantitative estimate of drug-likeness (QED) is 0.588. The first-order chi connectivity index (χ1) is 12.8. The van der Waals surface area contributed by atoms with Crippen molar-refractivity contribution in [3.8, 4) is 0 Å². The summed E-state index contributed by atoms with van der Waals surface area (Å²) in [7, 11) is 0. The summed E-state index contributed by atoms with van der Waals surface area (Å²) < 4.78 is 38.3. The highest BCUT2D eigenvalue weighted by Crippen LogP contribution is 2.28. The molecular weight excluding hydrogens is 361 g/mol. The molecular formula is C18H19F3N4O2. The van der Waals surface area contributed by atoms with E-state index in [4.69, 9.17) is 0 Å². The summed E-state index contributed by atoms with van der Waals surface area (Å²) in [5.41, 5.74) is 0.801. The van der Waals surface area contributed by atoms with E-state index in [1.54, 1.807) is 18.2 Å². The Kier molecular flexibility index (Phi) is 5.71. The van der Waals surface area contributed by atoms with Crippen LogP contribution in [-0.2, 0) is 19.3 Å². The second-order valence-corrected chi connectivity index (χ2v) is 6.52. The standard InChI is InChI=1S/C18H19F3N4O2/c19-18(20,21)17-11-15(5-6-22-17)13-24-9-7-23(8-10-24)12-14-1-3-16(4-2-14)25(26)27/h1-6,11H,7-10,12-13H2. The second-order valence-electron chi connectivity index (χ2n) is 6.52. The number of nitro benzene ring substituents is 1. The number of benzene rings is 1. The lowest BCUT2D eigenvalue weighted by Gasteiger charge is -2.34. The maximum absolute atomic E-state index is 12.8. The van der Waals surface area contributed by atoms with E-state index in [1.807, 2.05) is 0 Å². The molecule has 0 bridgehead atoms. The fourth-order valence-electron chi connectivity index (χ4n) is 3.07. The molecule has 0 radical (unpaired) electrons. The zero-order valence-corrected chi connectivity index (χ0v) is 14.5. The topological polar surface area (TPSA) is 62.5 Å². The van der Waals surface area contributed by atoms with Gasteiger partial charge in [0.1, 0.15) is 5.69 Å². The highest BCUT2D eigenvalue weighted by molar-refractivity contribution is 5.32. The number of non-ortho nitro benzene ring substituents is 1. The van der Waals surface area contributed by atoms with E-state index in [0.29, 0.717) is 18.7 Å². The maximum atomic E-state index is 12.8. The van der Waals surface area contributed by atoms with Gasteiger partial charge in [-0.05, 0) is 23.3 Å². The largest absolute Gasteiger partial charge is 0.433 e. The van der Waals surface area contributed by atoms with Gasteiger partial charge in [0.05, 0.1) is 4.92 Å². The molecule has 0 N–H and O–H groups in total. The first kappa shape index (κ1) is 19.2. The van der Waals surface area contributed by atoms with Gasteiger partial charge in [-0.1, -0.05) is 12.1 Å². The average Bonchev–Trinajstić information content (AvgIpc) is 2.63. The number of hydrogen-bond donors (Lipinski definition) is 0. The van der Waals surface area contributed by atoms with Crippen molar-refractivity contribution in [2.45, 2.75) is 19.3 Å². The molecule has 27 heavy (non-hydrogen) atoms. The van der Waals surface area contributed by atoms with Gasteiger partial charge >= 0.3 is 6.18 Å². The van der Waals surface area contributed by atoms with Crippen LogP contribution >= 0.6 is 0 Å². The van der Waals surface area contributed by atoms with Crippen LogP contribution in [0.15, 0.2) is 42.6 Å². The molecule has 6 nitrogen and oxygen atoms in total. The summed E-state index contributed by atoms with van der Waals surface area (Å²) in [6.07, 6.45) is -3.23. The summed E-state index contributed by atoms with van der Waals surface area (Å²) >= 11 is 0. The van der Waals surface area contributed by atoms with Crippen molar-refractivity contribution in [3.63, 3.8) is 0 Å². The van der Waals surface area contributed by atoms with Crippen LogP contribution in [0.2, 0.25) is 0 Å². The lowest BCUT2D eigenvalue weighted by Crippen LogP contribution is -2.45.